The van der Waals surface area contributed by atoms with Gasteiger partial charge in [0.15, 0.2) is 6.54 Å². The van der Waals surface area contributed by atoms with E-state index >= 15 is 0 Å². The minimum atomic E-state index is 0.131. The van der Waals surface area contributed by atoms with Crippen molar-refractivity contribution >= 4 is 11.6 Å². The fourth-order valence-electron chi connectivity index (χ4n) is 3.81. The molecule has 0 radical (unpaired) electrons. The van der Waals surface area contributed by atoms with Gasteiger partial charge in [0.1, 0.15) is 0 Å². The van der Waals surface area contributed by atoms with Gasteiger partial charge in [0.2, 0.25) is 0 Å². The van der Waals surface area contributed by atoms with E-state index in [9.17, 15) is 4.79 Å². The van der Waals surface area contributed by atoms with Gasteiger partial charge in [-0.2, -0.15) is 0 Å². The number of quaternary nitrogens is 1. The van der Waals surface area contributed by atoms with Crippen molar-refractivity contribution in [2.45, 2.75) is 65.8 Å². The normalized spacial score (nSPS) is 24.4. The van der Waals surface area contributed by atoms with Crippen LogP contribution < -0.4 is 10.6 Å². The third-order valence-corrected chi connectivity index (χ3v) is 5.64. The minimum Gasteiger partial charge on any atom is -0.336 e. The standard InChI is InChI=1S/C20H32N2O/c1-5-16-10-8-11-17(6-2)20(16)22-19(23)13-21-18-12-7-9-14(3)15(18)4/h8,10-11,14-15,18,21H,5-7,9,12-13H2,1-4H3,(H,22,23)/p+1/t14-,15+,18-/m1/s1. The zero-order chi connectivity index (χ0) is 16.8. The molecule has 1 aromatic carbocycles. The van der Waals surface area contributed by atoms with Crippen molar-refractivity contribution in [2.75, 3.05) is 11.9 Å². The van der Waals surface area contributed by atoms with E-state index in [1.165, 1.54) is 30.4 Å². The maximum Gasteiger partial charge on any atom is 0.279 e. The van der Waals surface area contributed by atoms with Gasteiger partial charge >= 0.3 is 0 Å². The van der Waals surface area contributed by atoms with E-state index < -0.39 is 0 Å². The molecule has 3 atom stereocenters. The highest BCUT2D eigenvalue weighted by Crippen LogP contribution is 2.27. The summed E-state index contributed by atoms with van der Waals surface area (Å²) in [5.41, 5.74) is 3.51. The van der Waals surface area contributed by atoms with Crippen molar-refractivity contribution in [3.05, 3.63) is 29.3 Å². The van der Waals surface area contributed by atoms with Crippen LogP contribution in [0.3, 0.4) is 0 Å². The van der Waals surface area contributed by atoms with E-state index in [2.05, 4.69) is 56.5 Å². The summed E-state index contributed by atoms with van der Waals surface area (Å²) in [5, 5.41) is 5.44. The van der Waals surface area contributed by atoms with Crippen LogP contribution in [0.4, 0.5) is 5.69 Å². The molecule has 0 saturated heterocycles. The number of carbonyl (C=O) groups excluding carboxylic acids is 1. The predicted octanol–water partition coefficient (Wildman–Crippen LogP) is 3.14. The average Bonchev–Trinajstić information content (AvgIpc) is 2.56. The van der Waals surface area contributed by atoms with Crippen molar-refractivity contribution in [3.63, 3.8) is 0 Å². The molecule has 1 aliphatic rings. The van der Waals surface area contributed by atoms with Gasteiger partial charge < -0.3 is 10.6 Å². The number of para-hydroxylation sites is 1. The molecular weight excluding hydrogens is 284 g/mol. The maximum atomic E-state index is 12.4. The first-order valence-electron chi connectivity index (χ1n) is 9.30. The summed E-state index contributed by atoms with van der Waals surface area (Å²) in [4.78, 5) is 12.4. The van der Waals surface area contributed by atoms with Crippen LogP contribution in [0.5, 0.6) is 0 Å². The van der Waals surface area contributed by atoms with Gasteiger partial charge in [-0.05, 0) is 49.1 Å². The van der Waals surface area contributed by atoms with E-state index in [-0.39, 0.29) is 5.91 Å². The lowest BCUT2D eigenvalue weighted by Gasteiger charge is -2.32. The van der Waals surface area contributed by atoms with E-state index in [1.54, 1.807) is 0 Å². The highest BCUT2D eigenvalue weighted by Gasteiger charge is 2.30. The van der Waals surface area contributed by atoms with E-state index in [4.69, 9.17) is 0 Å². The highest BCUT2D eigenvalue weighted by atomic mass is 16.1. The number of hydrogen-bond donors (Lipinski definition) is 2. The first-order chi connectivity index (χ1) is 11.1. The third kappa shape index (κ3) is 4.57. The lowest BCUT2D eigenvalue weighted by atomic mass is 9.78. The molecule has 0 heterocycles. The van der Waals surface area contributed by atoms with E-state index in [0.29, 0.717) is 18.5 Å². The summed E-state index contributed by atoms with van der Waals surface area (Å²) in [6.07, 6.45) is 5.77. The van der Waals surface area contributed by atoms with Crippen LogP contribution in [-0.4, -0.2) is 18.5 Å². The molecule has 1 saturated carbocycles. The molecule has 1 aliphatic carbocycles. The van der Waals surface area contributed by atoms with Gasteiger partial charge in [0, 0.05) is 11.6 Å². The van der Waals surface area contributed by atoms with Gasteiger partial charge in [0.25, 0.3) is 5.91 Å². The van der Waals surface area contributed by atoms with Crippen molar-refractivity contribution < 1.29 is 10.1 Å². The highest BCUT2D eigenvalue weighted by molar-refractivity contribution is 5.93. The zero-order valence-corrected chi connectivity index (χ0v) is 15.2. The largest absolute Gasteiger partial charge is 0.336 e. The second kappa shape index (κ2) is 8.49. The maximum absolute atomic E-state index is 12.4. The van der Waals surface area contributed by atoms with Gasteiger partial charge in [-0.25, -0.2) is 0 Å². The predicted molar refractivity (Wildman–Crippen MR) is 96.6 cm³/mol. The van der Waals surface area contributed by atoms with Crippen molar-refractivity contribution in [2.24, 2.45) is 11.8 Å². The number of carbonyl (C=O) groups is 1. The Balaban J connectivity index is 1.95. The Morgan fingerprint density at radius 1 is 1.17 bits per heavy atom. The second-order valence-electron chi connectivity index (χ2n) is 7.08. The molecule has 3 nitrogen and oxygen atoms in total. The minimum absolute atomic E-state index is 0.131. The molecule has 1 amide bonds. The molecule has 128 valence electrons. The Bertz CT molecular complexity index is 504. The quantitative estimate of drug-likeness (QED) is 0.832. The SMILES string of the molecule is CCc1cccc(CC)c1NC(=O)C[NH2+][C@@H]1CCC[C@@H](C)[C@@H]1C. The first-order valence-corrected chi connectivity index (χ1v) is 9.30. The number of nitrogens with two attached hydrogens (primary N) is 1. The van der Waals surface area contributed by atoms with Crippen LogP contribution >= 0.6 is 0 Å². The number of hydrogen-bond acceptors (Lipinski definition) is 1. The molecule has 0 aliphatic heterocycles. The molecule has 0 unspecified atom stereocenters. The van der Waals surface area contributed by atoms with Crippen LogP contribution in [0.15, 0.2) is 18.2 Å². The van der Waals surface area contributed by atoms with Gasteiger partial charge in [-0.3, -0.25) is 4.79 Å². The summed E-state index contributed by atoms with van der Waals surface area (Å²) >= 11 is 0. The van der Waals surface area contributed by atoms with Crippen molar-refractivity contribution in [1.82, 2.24) is 0 Å². The van der Waals surface area contributed by atoms with Crippen LogP contribution in [0.1, 0.15) is 58.1 Å². The van der Waals surface area contributed by atoms with E-state index in [0.717, 1.165) is 24.4 Å². The molecule has 2 rings (SSSR count). The molecule has 0 bridgehead atoms. The van der Waals surface area contributed by atoms with Gasteiger partial charge in [-0.1, -0.05) is 45.9 Å². The van der Waals surface area contributed by atoms with Crippen LogP contribution in [-0.2, 0) is 17.6 Å². The zero-order valence-electron chi connectivity index (χ0n) is 15.2. The smallest absolute Gasteiger partial charge is 0.279 e. The number of aryl methyl sites for hydroxylation is 2. The summed E-state index contributed by atoms with van der Waals surface area (Å²) in [7, 11) is 0. The fraction of sp³-hybridized carbons (Fsp3) is 0.650. The number of anilines is 1. The lowest BCUT2D eigenvalue weighted by Crippen LogP contribution is -2.93. The number of nitrogens with one attached hydrogen (secondary N) is 1. The van der Waals surface area contributed by atoms with Crippen molar-refractivity contribution in [1.29, 1.82) is 0 Å². The van der Waals surface area contributed by atoms with E-state index in [1.807, 2.05) is 0 Å². The number of benzene rings is 1. The Morgan fingerprint density at radius 2 is 1.83 bits per heavy atom. The first kappa shape index (κ1) is 18.0. The summed E-state index contributed by atoms with van der Waals surface area (Å²) in [6.45, 7) is 9.49. The van der Waals surface area contributed by atoms with Crippen LogP contribution in [0, 0.1) is 11.8 Å². The molecule has 23 heavy (non-hydrogen) atoms. The fourth-order valence-corrected chi connectivity index (χ4v) is 3.81. The Hall–Kier alpha value is -1.35. The Kier molecular flexibility index (Phi) is 6.64. The summed E-state index contributed by atoms with van der Waals surface area (Å²) < 4.78 is 0. The number of amides is 1. The topological polar surface area (TPSA) is 45.7 Å². The molecule has 1 aromatic rings. The summed E-state index contributed by atoms with van der Waals surface area (Å²) in [5.74, 6) is 1.61. The van der Waals surface area contributed by atoms with Gasteiger partial charge in [-0.15, -0.1) is 0 Å². The lowest BCUT2D eigenvalue weighted by molar-refractivity contribution is -0.688. The van der Waals surface area contributed by atoms with Crippen LogP contribution in [0.2, 0.25) is 0 Å². The van der Waals surface area contributed by atoms with Crippen molar-refractivity contribution in [3.8, 4) is 0 Å². The molecule has 3 N–H and O–H groups in total. The molecule has 0 aromatic heterocycles. The average molecular weight is 317 g/mol. The second-order valence-corrected chi connectivity index (χ2v) is 7.08. The molecule has 1 fully saturated rings. The molecule has 0 spiro atoms. The summed E-state index contributed by atoms with van der Waals surface area (Å²) in [6, 6.07) is 6.91. The van der Waals surface area contributed by atoms with Crippen LogP contribution in [0.25, 0.3) is 0 Å². The Labute approximate surface area is 141 Å². The van der Waals surface area contributed by atoms with Gasteiger partial charge in [0.05, 0.1) is 6.04 Å². The number of rotatable bonds is 6. The third-order valence-electron chi connectivity index (χ3n) is 5.64. The Morgan fingerprint density at radius 3 is 2.43 bits per heavy atom. The molecule has 3 heteroatoms. The molecular formula is C20H33N2O+. The monoisotopic (exact) mass is 317 g/mol.